The molecule has 26 heavy (non-hydrogen) atoms. The van der Waals surface area contributed by atoms with E-state index in [1.165, 1.54) is 20.3 Å². The molecule has 5 nitrogen and oxygen atoms in total. The quantitative estimate of drug-likeness (QED) is 0.775. The normalized spacial score (nSPS) is 12.7. The van der Waals surface area contributed by atoms with Gasteiger partial charge >= 0.3 is 0 Å². The molecule has 2 rings (SSSR count). The first-order valence-electron chi connectivity index (χ1n) is 8.11. The third-order valence-electron chi connectivity index (χ3n) is 4.22. The lowest BCUT2D eigenvalue weighted by molar-refractivity contribution is 0.385. The number of ether oxygens (including phenoxy) is 2. The van der Waals surface area contributed by atoms with Crippen LogP contribution in [0.3, 0.4) is 0 Å². The van der Waals surface area contributed by atoms with Gasteiger partial charge < -0.3 is 15.2 Å². The van der Waals surface area contributed by atoms with Gasteiger partial charge in [-0.15, -0.1) is 0 Å². The smallest absolute Gasteiger partial charge is 0.179 e. The Kier molecular flexibility index (Phi) is 6.55. The summed E-state index contributed by atoms with van der Waals surface area (Å²) in [5.41, 5.74) is 8.95. The van der Waals surface area contributed by atoms with Crippen molar-refractivity contribution in [2.24, 2.45) is 5.73 Å². The molecule has 142 valence electrons. The van der Waals surface area contributed by atoms with Gasteiger partial charge in [0.15, 0.2) is 9.84 Å². The maximum Gasteiger partial charge on any atom is 0.179 e. The van der Waals surface area contributed by atoms with Gasteiger partial charge in [-0.2, -0.15) is 0 Å². The third-order valence-corrected chi connectivity index (χ3v) is 5.56. The molecule has 0 saturated heterocycles. The SMILES string of the molecule is COc1cc(S(C)(=O)=O)c(OC)cc1C(CN)Cc1cc(C)cc(Cl)c1. The zero-order chi connectivity index (χ0) is 19.5. The molecular formula is C19H24ClNO4S. The minimum atomic E-state index is -3.45. The molecule has 0 saturated carbocycles. The Morgan fingerprint density at radius 1 is 1.08 bits per heavy atom. The molecule has 7 heteroatoms. The van der Waals surface area contributed by atoms with E-state index in [1.807, 2.05) is 19.1 Å². The summed E-state index contributed by atoms with van der Waals surface area (Å²) in [6.45, 7) is 2.35. The lowest BCUT2D eigenvalue weighted by Crippen LogP contribution is -2.17. The molecule has 0 aliphatic carbocycles. The number of halogens is 1. The predicted molar refractivity (Wildman–Crippen MR) is 104 cm³/mol. The first-order chi connectivity index (χ1) is 12.2. The Bertz CT molecular complexity index is 876. The molecule has 2 N–H and O–H groups in total. The fraction of sp³-hybridized carbons (Fsp3) is 0.368. The second-order valence-electron chi connectivity index (χ2n) is 6.29. The highest BCUT2D eigenvalue weighted by atomic mass is 35.5. The van der Waals surface area contributed by atoms with Crippen molar-refractivity contribution in [1.82, 2.24) is 0 Å². The molecule has 0 aromatic heterocycles. The van der Waals surface area contributed by atoms with E-state index in [9.17, 15) is 8.42 Å². The molecule has 0 amide bonds. The van der Waals surface area contributed by atoms with Crippen molar-refractivity contribution in [3.05, 3.63) is 52.0 Å². The van der Waals surface area contributed by atoms with E-state index in [1.54, 1.807) is 6.07 Å². The Labute approximate surface area is 160 Å². The number of benzene rings is 2. The molecule has 0 fully saturated rings. The second-order valence-corrected chi connectivity index (χ2v) is 8.71. The molecule has 0 aliphatic heterocycles. The number of rotatable bonds is 7. The van der Waals surface area contributed by atoms with Gasteiger partial charge in [-0.3, -0.25) is 0 Å². The number of aryl methyl sites for hydroxylation is 1. The maximum absolute atomic E-state index is 12.0. The van der Waals surface area contributed by atoms with Crippen LogP contribution in [0.2, 0.25) is 5.02 Å². The van der Waals surface area contributed by atoms with Crippen LogP contribution in [-0.2, 0) is 16.3 Å². The van der Waals surface area contributed by atoms with Gasteiger partial charge in [-0.1, -0.05) is 17.7 Å². The van der Waals surface area contributed by atoms with Crippen molar-refractivity contribution >= 4 is 21.4 Å². The van der Waals surface area contributed by atoms with Crippen LogP contribution in [-0.4, -0.2) is 35.4 Å². The molecule has 0 bridgehead atoms. The van der Waals surface area contributed by atoms with Gasteiger partial charge in [-0.05, 0) is 49.2 Å². The number of sulfone groups is 1. The number of nitrogens with two attached hydrogens (primary N) is 1. The van der Waals surface area contributed by atoms with E-state index in [-0.39, 0.29) is 16.6 Å². The standard InChI is InChI=1S/C19H24ClNO4S/c1-12-5-13(8-15(20)6-12)7-14(11-21)16-9-18(25-3)19(26(4,22)23)10-17(16)24-2/h5-6,8-10,14H,7,11,21H2,1-4H3. The average Bonchev–Trinajstić information content (AvgIpc) is 2.56. The van der Waals surface area contributed by atoms with Crippen LogP contribution in [0, 0.1) is 6.92 Å². The molecule has 2 aromatic rings. The molecule has 0 heterocycles. The van der Waals surface area contributed by atoms with Crippen molar-refractivity contribution in [3.63, 3.8) is 0 Å². The van der Waals surface area contributed by atoms with E-state index in [2.05, 4.69) is 6.07 Å². The highest BCUT2D eigenvalue weighted by molar-refractivity contribution is 7.90. The van der Waals surface area contributed by atoms with Crippen LogP contribution in [0.1, 0.15) is 22.6 Å². The molecule has 1 atom stereocenters. The largest absolute Gasteiger partial charge is 0.496 e. The van der Waals surface area contributed by atoms with Gasteiger partial charge in [0.2, 0.25) is 0 Å². The van der Waals surface area contributed by atoms with Crippen molar-refractivity contribution in [2.75, 3.05) is 27.0 Å². The van der Waals surface area contributed by atoms with Crippen LogP contribution in [0.25, 0.3) is 0 Å². The van der Waals surface area contributed by atoms with Gasteiger partial charge in [0.1, 0.15) is 16.4 Å². The van der Waals surface area contributed by atoms with Gasteiger partial charge in [0.05, 0.1) is 14.2 Å². The second kappa shape index (κ2) is 8.29. The lowest BCUT2D eigenvalue weighted by Gasteiger charge is -2.21. The van der Waals surface area contributed by atoms with E-state index in [0.29, 0.717) is 23.7 Å². The fourth-order valence-corrected chi connectivity index (χ4v) is 4.18. The summed E-state index contributed by atoms with van der Waals surface area (Å²) in [4.78, 5) is 0.0926. The van der Waals surface area contributed by atoms with Gasteiger partial charge in [0.25, 0.3) is 0 Å². The third kappa shape index (κ3) is 4.69. The summed E-state index contributed by atoms with van der Waals surface area (Å²) in [6.07, 6.45) is 1.79. The van der Waals surface area contributed by atoms with Crippen LogP contribution in [0.5, 0.6) is 11.5 Å². The van der Waals surface area contributed by atoms with Crippen molar-refractivity contribution < 1.29 is 17.9 Å². The fourth-order valence-electron chi connectivity index (χ4n) is 3.04. The van der Waals surface area contributed by atoms with Gasteiger partial charge in [0, 0.05) is 28.8 Å². The topological polar surface area (TPSA) is 78.6 Å². The zero-order valence-electron chi connectivity index (χ0n) is 15.4. The zero-order valence-corrected chi connectivity index (χ0v) is 16.9. The lowest BCUT2D eigenvalue weighted by atomic mass is 9.90. The van der Waals surface area contributed by atoms with Crippen LogP contribution in [0.4, 0.5) is 0 Å². The molecular weight excluding hydrogens is 374 g/mol. The Balaban J connectivity index is 2.52. The van der Waals surface area contributed by atoms with Crippen molar-refractivity contribution in [2.45, 2.75) is 24.2 Å². The molecule has 0 aliphatic rings. The van der Waals surface area contributed by atoms with Crippen LogP contribution >= 0.6 is 11.6 Å². The summed E-state index contributed by atoms with van der Waals surface area (Å²) in [5, 5.41) is 0.674. The summed E-state index contributed by atoms with van der Waals surface area (Å²) >= 11 is 6.16. The monoisotopic (exact) mass is 397 g/mol. The van der Waals surface area contributed by atoms with E-state index in [4.69, 9.17) is 26.8 Å². The molecule has 1 unspecified atom stereocenters. The molecule has 2 aromatic carbocycles. The summed E-state index contributed by atoms with van der Waals surface area (Å²) in [7, 11) is -0.500. The highest BCUT2D eigenvalue weighted by Gasteiger charge is 2.23. The number of hydrogen-bond donors (Lipinski definition) is 1. The Morgan fingerprint density at radius 3 is 2.23 bits per heavy atom. The number of hydrogen-bond acceptors (Lipinski definition) is 5. The Morgan fingerprint density at radius 2 is 1.73 bits per heavy atom. The van der Waals surface area contributed by atoms with Crippen LogP contribution < -0.4 is 15.2 Å². The number of methoxy groups -OCH3 is 2. The summed E-state index contributed by atoms with van der Waals surface area (Å²) in [5.74, 6) is 0.676. The first-order valence-corrected chi connectivity index (χ1v) is 10.4. The summed E-state index contributed by atoms with van der Waals surface area (Å²) < 4.78 is 34.8. The van der Waals surface area contributed by atoms with Crippen molar-refractivity contribution in [3.8, 4) is 11.5 Å². The average molecular weight is 398 g/mol. The molecule has 0 radical (unpaired) electrons. The van der Waals surface area contributed by atoms with E-state index >= 15 is 0 Å². The molecule has 0 spiro atoms. The minimum absolute atomic E-state index is 0.0784. The van der Waals surface area contributed by atoms with Crippen LogP contribution in [0.15, 0.2) is 35.2 Å². The van der Waals surface area contributed by atoms with Gasteiger partial charge in [-0.25, -0.2) is 8.42 Å². The summed E-state index contributed by atoms with van der Waals surface area (Å²) in [6, 6.07) is 9.06. The maximum atomic E-state index is 12.0. The minimum Gasteiger partial charge on any atom is -0.496 e. The highest BCUT2D eigenvalue weighted by Crippen LogP contribution is 2.37. The first kappa shape index (κ1) is 20.6. The Hall–Kier alpha value is -1.76. The van der Waals surface area contributed by atoms with E-state index in [0.717, 1.165) is 22.9 Å². The van der Waals surface area contributed by atoms with E-state index < -0.39 is 9.84 Å². The predicted octanol–water partition coefficient (Wildman–Crippen LogP) is 3.35. The van der Waals surface area contributed by atoms with Crippen molar-refractivity contribution in [1.29, 1.82) is 0 Å².